The van der Waals surface area contributed by atoms with Gasteiger partial charge in [-0.25, -0.2) is 0 Å². The summed E-state index contributed by atoms with van der Waals surface area (Å²) in [5.74, 6) is 0. The van der Waals surface area contributed by atoms with Gasteiger partial charge < -0.3 is 4.90 Å². The lowest BCUT2D eigenvalue weighted by atomic mass is 10.1. The maximum absolute atomic E-state index is 3.68. The van der Waals surface area contributed by atoms with E-state index in [-0.39, 0.29) is 12.4 Å². The van der Waals surface area contributed by atoms with Crippen LogP contribution in [0.25, 0.3) is 0 Å². The Morgan fingerprint density at radius 1 is 1.00 bits per heavy atom. The molecular weight excluding hydrogens is 194 g/mol. The lowest BCUT2D eigenvalue weighted by Crippen LogP contribution is -1.99. The highest BCUT2D eigenvalue weighted by molar-refractivity contribution is 5.85. The van der Waals surface area contributed by atoms with Crippen LogP contribution in [0.3, 0.4) is 0 Å². The van der Waals surface area contributed by atoms with Crippen molar-refractivity contribution in [3.8, 4) is 0 Å². The van der Waals surface area contributed by atoms with Crippen LogP contribution in [-0.4, -0.2) is 26.0 Å². The van der Waals surface area contributed by atoms with Crippen molar-refractivity contribution in [2.75, 3.05) is 21.1 Å². The van der Waals surface area contributed by atoms with Crippen molar-refractivity contribution in [1.82, 2.24) is 4.90 Å². The number of unbranched alkanes of at least 4 members (excludes halogenated alkanes) is 5. The summed E-state index contributed by atoms with van der Waals surface area (Å²) in [7, 11) is 6.00. The van der Waals surface area contributed by atoms with E-state index in [1.807, 2.05) is 32.1 Å². The maximum atomic E-state index is 3.68. The summed E-state index contributed by atoms with van der Waals surface area (Å²) in [6.45, 7) is 5.92. The minimum absolute atomic E-state index is 0. The molecule has 1 nitrogen and oxygen atoms in total. The minimum atomic E-state index is 0. The Morgan fingerprint density at radius 2 is 1.43 bits per heavy atom. The topological polar surface area (TPSA) is 3.24 Å². The molecule has 14 heavy (non-hydrogen) atoms. The molecule has 0 spiro atoms. The van der Waals surface area contributed by atoms with Gasteiger partial charge in [0.2, 0.25) is 0 Å². The molecule has 0 aromatic rings. The zero-order chi connectivity index (χ0) is 10.5. The van der Waals surface area contributed by atoms with Crippen molar-refractivity contribution in [3.63, 3.8) is 0 Å². The fourth-order valence-electron chi connectivity index (χ4n) is 0.892. The fraction of sp³-hybridized carbons (Fsp3) is 0.833. The lowest BCUT2D eigenvalue weighted by molar-refractivity contribution is 0.505. The van der Waals surface area contributed by atoms with Crippen molar-refractivity contribution in [3.05, 3.63) is 12.7 Å². The number of halogens is 1. The summed E-state index contributed by atoms with van der Waals surface area (Å²) in [4.78, 5) is 2.00. The van der Waals surface area contributed by atoms with Crippen LogP contribution in [-0.2, 0) is 0 Å². The van der Waals surface area contributed by atoms with Crippen LogP contribution >= 0.6 is 12.4 Å². The number of hydrogen-bond donors (Lipinski definition) is 0. The minimum Gasteiger partial charge on any atom is -0.312 e. The third-order valence-corrected chi connectivity index (χ3v) is 1.51. The summed E-state index contributed by atoms with van der Waals surface area (Å²) in [6.07, 6.45) is 10.1. The molecule has 0 radical (unpaired) electrons. The molecule has 0 unspecified atom stereocenters. The molecule has 0 saturated carbocycles. The van der Waals surface area contributed by atoms with E-state index >= 15 is 0 Å². The summed E-state index contributed by atoms with van der Waals surface area (Å²) >= 11 is 0. The average molecular weight is 222 g/mol. The highest BCUT2D eigenvalue weighted by Gasteiger charge is 1.84. The van der Waals surface area contributed by atoms with E-state index in [1.165, 1.54) is 38.5 Å². The molecule has 88 valence electrons. The Morgan fingerprint density at radius 3 is 1.79 bits per heavy atom. The standard InChI is InChI=1S/C9H18.C3H9N.ClH/c1-3-5-7-9-8-6-4-2;1-4(2)3;/h3H,1,4-9H2,2H3;1-3H3;1H. The van der Waals surface area contributed by atoms with Crippen molar-refractivity contribution >= 4 is 12.4 Å². The molecule has 0 heterocycles. The summed E-state index contributed by atoms with van der Waals surface area (Å²) in [5.41, 5.74) is 0. The first-order valence-corrected chi connectivity index (χ1v) is 5.37. The van der Waals surface area contributed by atoms with E-state index < -0.39 is 0 Å². The molecule has 0 amide bonds. The highest BCUT2D eigenvalue weighted by Crippen LogP contribution is 2.04. The normalized spacial score (nSPS) is 8.64. The van der Waals surface area contributed by atoms with Gasteiger partial charge in [0, 0.05) is 0 Å². The van der Waals surface area contributed by atoms with Crippen LogP contribution in [0.5, 0.6) is 0 Å². The summed E-state index contributed by atoms with van der Waals surface area (Å²) < 4.78 is 0. The molecule has 0 fully saturated rings. The third-order valence-electron chi connectivity index (χ3n) is 1.51. The van der Waals surface area contributed by atoms with E-state index in [0.717, 1.165) is 0 Å². The molecular formula is C12H28ClN. The third kappa shape index (κ3) is 40.4. The predicted octanol–water partition coefficient (Wildman–Crippen LogP) is 4.13. The van der Waals surface area contributed by atoms with Gasteiger partial charge in [-0.1, -0.05) is 38.7 Å². The first-order chi connectivity index (χ1) is 6.15. The second kappa shape index (κ2) is 18.7. The second-order valence-corrected chi connectivity index (χ2v) is 3.83. The van der Waals surface area contributed by atoms with Gasteiger partial charge in [-0.15, -0.1) is 19.0 Å². The lowest BCUT2D eigenvalue weighted by Gasteiger charge is -1.94. The predicted molar refractivity (Wildman–Crippen MR) is 70.4 cm³/mol. The van der Waals surface area contributed by atoms with Crippen LogP contribution in [0.15, 0.2) is 12.7 Å². The number of rotatable bonds is 6. The fourth-order valence-corrected chi connectivity index (χ4v) is 0.892. The summed E-state index contributed by atoms with van der Waals surface area (Å²) in [5, 5.41) is 0. The number of allylic oxidation sites excluding steroid dienone is 1. The van der Waals surface area contributed by atoms with Crippen molar-refractivity contribution in [2.45, 2.75) is 45.4 Å². The van der Waals surface area contributed by atoms with Gasteiger partial charge in [-0.05, 0) is 34.0 Å². The molecule has 0 aromatic heterocycles. The molecule has 0 aliphatic rings. The second-order valence-electron chi connectivity index (χ2n) is 3.83. The molecule has 0 bridgehead atoms. The van der Waals surface area contributed by atoms with Crippen molar-refractivity contribution in [1.29, 1.82) is 0 Å². The summed E-state index contributed by atoms with van der Waals surface area (Å²) in [6, 6.07) is 0. The van der Waals surface area contributed by atoms with E-state index in [9.17, 15) is 0 Å². The van der Waals surface area contributed by atoms with Gasteiger partial charge in [0.25, 0.3) is 0 Å². The smallest absolute Gasteiger partial charge is 0.0140 e. The van der Waals surface area contributed by atoms with E-state index in [4.69, 9.17) is 0 Å². The van der Waals surface area contributed by atoms with Gasteiger partial charge in [0.15, 0.2) is 0 Å². The van der Waals surface area contributed by atoms with E-state index in [1.54, 1.807) is 0 Å². The van der Waals surface area contributed by atoms with Gasteiger partial charge in [0.05, 0.1) is 0 Å². The quantitative estimate of drug-likeness (QED) is 0.482. The molecule has 0 N–H and O–H groups in total. The van der Waals surface area contributed by atoms with Gasteiger partial charge in [0.1, 0.15) is 0 Å². The molecule has 0 aliphatic carbocycles. The van der Waals surface area contributed by atoms with E-state index in [0.29, 0.717) is 0 Å². The van der Waals surface area contributed by atoms with Crippen molar-refractivity contribution < 1.29 is 0 Å². The first kappa shape index (κ1) is 19.5. The van der Waals surface area contributed by atoms with E-state index in [2.05, 4.69) is 13.5 Å². The molecule has 2 heteroatoms. The number of nitrogens with zero attached hydrogens (tertiary/aromatic N) is 1. The van der Waals surface area contributed by atoms with Gasteiger partial charge >= 0.3 is 0 Å². The Kier molecular flexibility index (Phi) is 26.1. The monoisotopic (exact) mass is 221 g/mol. The maximum Gasteiger partial charge on any atom is -0.0140 e. The van der Waals surface area contributed by atoms with Gasteiger partial charge in [-0.3, -0.25) is 0 Å². The molecule has 0 aromatic carbocycles. The molecule has 0 aliphatic heterocycles. The Balaban J connectivity index is -0.000000209. The number of hydrogen-bond acceptors (Lipinski definition) is 1. The van der Waals surface area contributed by atoms with Crippen LogP contribution in [0.1, 0.15) is 45.4 Å². The molecule has 0 rings (SSSR count). The first-order valence-electron chi connectivity index (χ1n) is 5.37. The zero-order valence-corrected chi connectivity index (χ0v) is 11.2. The Bertz CT molecular complexity index is 89.6. The Hall–Kier alpha value is -0.0100. The molecule has 0 saturated heterocycles. The average Bonchev–Trinajstić information content (AvgIpc) is 2.03. The van der Waals surface area contributed by atoms with Crippen LogP contribution < -0.4 is 0 Å². The van der Waals surface area contributed by atoms with Gasteiger partial charge in [-0.2, -0.15) is 0 Å². The largest absolute Gasteiger partial charge is 0.312 e. The zero-order valence-electron chi connectivity index (χ0n) is 10.4. The SMILES string of the molecule is C=CCCCCCCC.CN(C)C.Cl. The van der Waals surface area contributed by atoms with Crippen LogP contribution in [0.4, 0.5) is 0 Å². The van der Waals surface area contributed by atoms with Crippen molar-refractivity contribution in [2.24, 2.45) is 0 Å². The van der Waals surface area contributed by atoms with Crippen LogP contribution in [0.2, 0.25) is 0 Å². The highest BCUT2D eigenvalue weighted by atomic mass is 35.5. The molecule has 0 atom stereocenters. The Labute approximate surface area is 97.0 Å². The van der Waals surface area contributed by atoms with Crippen LogP contribution in [0, 0.1) is 0 Å².